The predicted molar refractivity (Wildman–Crippen MR) is 99.4 cm³/mol. The van der Waals surface area contributed by atoms with Crippen molar-refractivity contribution in [2.24, 2.45) is 11.8 Å². The van der Waals surface area contributed by atoms with Crippen molar-refractivity contribution in [3.8, 4) is 0 Å². The molecule has 4 nitrogen and oxygen atoms in total. The molecule has 0 saturated heterocycles. The molecule has 0 unspecified atom stereocenters. The number of carbonyl (C=O) groups excluding carboxylic acids is 2. The molecule has 138 valence electrons. The lowest BCUT2D eigenvalue weighted by atomic mass is 9.82. The SMILES string of the molecule is CC(C)CC(=O)[C@H](O)[C@H](CC1CCCCC1)NC(=O)c1ccccc1. The topological polar surface area (TPSA) is 66.4 Å². The van der Waals surface area contributed by atoms with E-state index < -0.39 is 12.1 Å². The van der Waals surface area contributed by atoms with E-state index in [4.69, 9.17) is 0 Å². The third-order valence-electron chi connectivity index (χ3n) is 4.98. The van der Waals surface area contributed by atoms with Gasteiger partial charge in [0, 0.05) is 12.0 Å². The van der Waals surface area contributed by atoms with Crippen LogP contribution in [0.25, 0.3) is 0 Å². The van der Waals surface area contributed by atoms with Gasteiger partial charge in [0.05, 0.1) is 6.04 Å². The molecule has 0 aliphatic heterocycles. The van der Waals surface area contributed by atoms with E-state index in [0.29, 0.717) is 24.3 Å². The molecule has 0 radical (unpaired) electrons. The zero-order chi connectivity index (χ0) is 18.2. The normalized spacial score (nSPS) is 17.9. The fraction of sp³-hybridized carbons (Fsp3) is 0.619. The van der Waals surface area contributed by atoms with Gasteiger partial charge in [0.25, 0.3) is 5.91 Å². The van der Waals surface area contributed by atoms with Gasteiger partial charge in [-0.25, -0.2) is 0 Å². The molecule has 1 aliphatic rings. The second-order valence-electron chi connectivity index (χ2n) is 7.69. The van der Waals surface area contributed by atoms with Crippen LogP contribution in [0.15, 0.2) is 30.3 Å². The maximum Gasteiger partial charge on any atom is 0.251 e. The molecule has 1 aliphatic carbocycles. The van der Waals surface area contributed by atoms with Gasteiger partial charge in [0.1, 0.15) is 6.10 Å². The van der Waals surface area contributed by atoms with Crippen LogP contribution in [0.5, 0.6) is 0 Å². The smallest absolute Gasteiger partial charge is 0.251 e. The average Bonchev–Trinajstić information content (AvgIpc) is 2.61. The summed E-state index contributed by atoms with van der Waals surface area (Å²) in [4.78, 5) is 24.9. The number of hydrogen-bond acceptors (Lipinski definition) is 3. The van der Waals surface area contributed by atoms with E-state index in [1.54, 1.807) is 12.1 Å². The van der Waals surface area contributed by atoms with Crippen LogP contribution < -0.4 is 5.32 Å². The van der Waals surface area contributed by atoms with Crippen molar-refractivity contribution in [2.75, 3.05) is 0 Å². The van der Waals surface area contributed by atoms with Gasteiger partial charge in [0.2, 0.25) is 0 Å². The van der Waals surface area contributed by atoms with Crippen molar-refractivity contribution in [3.63, 3.8) is 0 Å². The van der Waals surface area contributed by atoms with E-state index in [1.165, 1.54) is 19.3 Å². The monoisotopic (exact) mass is 345 g/mol. The van der Waals surface area contributed by atoms with Crippen LogP contribution in [-0.4, -0.2) is 28.9 Å². The Morgan fingerprint density at radius 1 is 1.12 bits per heavy atom. The molecule has 2 atom stereocenters. The molecule has 1 saturated carbocycles. The van der Waals surface area contributed by atoms with Gasteiger partial charge >= 0.3 is 0 Å². The van der Waals surface area contributed by atoms with Gasteiger partial charge in [-0.05, 0) is 30.4 Å². The number of nitrogens with one attached hydrogen (secondary N) is 1. The highest BCUT2D eigenvalue weighted by Gasteiger charge is 2.30. The Kier molecular flexibility index (Phi) is 7.63. The van der Waals surface area contributed by atoms with Crippen molar-refractivity contribution >= 4 is 11.7 Å². The summed E-state index contributed by atoms with van der Waals surface area (Å²) in [6.45, 7) is 3.92. The van der Waals surface area contributed by atoms with Crippen molar-refractivity contribution in [2.45, 2.75) is 70.9 Å². The summed E-state index contributed by atoms with van der Waals surface area (Å²) in [7, 11) is 0. The molecule has 1 aromatic rings. The minimum Gasteiger partial charge on any atom is -0.383 e. The number of aliphatic hydroxyl groups is 1. The molecule has 1 fully saturated rings. The summed E-state index contributed by atoms with van der Waals surface area (Å²) in [6, 6.07) is 8.46. The maximum atomic E-state index is 12.5. The summed E-state index contributed by atoms with van der Waals surface area (Å²) in [6.07, 6.45) is 5.75. The number of benzene rings is 1. The number of aliphatic hydroxyl groups excluding tert-OH is 1. The molecule has 1 aromatic carbocycles. The predicted octanol–water partition coefficient (Wildman–Crippen LogP) is 3.73. The van der Waals surface area contributed by atoms with Gasteiger partial charge < -0.3 is 10.4 Å². The Labute approximate surface area is 151 Å². The van der Waals surface area contributed by atoms with Gasteiger partial charge in [0.15, 0.2) is 5.78 Å². The quantitative estimate of drug-likeness (QED) is 0.754. The van der Waals surface area contributed by atoms with Gasteiger partial charge in [-0.3, -0.25) is 9.59 Å². The minimum atomic E-state index is -1.13. The second kappa shape index (κ2) is 9.71. The van der Waals surface area contributed by atoms with Crippen LogP contribution in [0, 0.1) is 11.8 Å². The number of hydrogen-bond donors (Lipinski definition) is 2. The highest BCUT2D eigenvalue weighted by atomic mass is 16.3. The number of rotatable bonds is 8. The lowest BCUT2D eigenvalue weighted by Crippen LogP contribution is -2.48. The first-order valence-corrected chi connectivity index (χ1v) is 9.54. The molecule has 0 aromatic heterocycles. The Balaban J connectivity index is 2.07. The molecule has 2 N–H and O–H groups in total. The van der Waals surface area contributed by atoms with Crippen molar-refractivity contribution in [3.05, 3.63) is 35.9 Å². The molecule has 2 rings (SSSR count). The van der Waals surface area contributed by atoms with Crippen LogP contribution in [0.1, 0.15) is 69.2 Å². The van der Waals surface area contributed by atoms with E-state index in [-0.39, 0.29) is 17.6 Å². The highest BCUT2D eigenvalue weighted by molar-refractivity contribution is 5.95. The Morgan fingerprint density at radius 2 is 1.76 bits per heavy atom. The van der Waals surface area contributed by atoms with Crippen LogP contribution in [-0.2, 0) is 4.79 Å². The van der Waals surface area contributed by atoms with Crippen LogP contribution >= 0.6 is 0 Å². The first kappa shape index (κ1) is 19.6. The molecule has 1 amide bonds. The van der Waals surface area contributed by atoms with Crippen LogP contribution in [0.4, 0.5) is 0 Å². The van der Waals surface area contributed by atoms with Gasteiger partial charge in [-0.2, -0.15) is 0 Å². The van der Waals surface area contributed by atoms with E-state index in [2.05, 4.69) is 5.32 Å². The molecule has 0 bridgehead atoms. The van der Waals surface area contributed by atoms with Crippen LogP contribution in [0.2, 0.25) is 0 Å². The lowest BCUT2D eigenvalue weighted by Gasteiger charge is -2.30. The highest BCUT2D eigenvalue weighted by Crippen LogP contribution is 2.28. The summed E-state index contributed by atoms with van der Waals surface area (Å²) in [5, 5.41) is 13.5. The molecule has 4 heteroatoms. The first-order valence-electron chi connectivity index (χ1n) is 9.54. The van der Waals surface area contributed by atoms with E-state index in [0.717, 1.165) is 12.8 Å². The molecule has 0 spiro atoms. The fourth-order valence-corrected chi connectivity index (χ4v) is 3.64. The fourth-order valence-electron chi connectivity index (χ4n) is 3.64. The summed E-state index contributed by atoms with van der Waals surface area (Å²) >= 11 is 0. The maximum absolute atomic E-state index is 12.5. The Hall–Kier alpha value is -1.68. The number of ketones is 1. The van der Waals surface area contributed by atoms with E-state index >= 15 is 0 Å². The average molecular weight is 345 g/mol. The van der Waals surface area contributed by atoms with E-state index in [9.17, 15) is 14.7 Å². The summed E-state index contributed by atoms with van der Waals surface area (Å²) in [5.74, 6) is 0.264. The first-order chi connectivity index (χ1) is 12.0. The zero-order valence-corrected chi connectivity index (χ0v) is 15.4. The molecule has 25 heavy (non-hydrogen) atoms. The van der Waals surface area contributed by atoms with Crippen molar-refractivity contribution in [1.82, 2.24) is 5.32 Å². The third-order valence-corrected chi connectivity index (χ3v) is 4.98. The van der Waals surface area contributed by atoms with E-state index in [1.807, 2.05) is 32.0 Å². The Bertz CT molecular complexity index is 550. The number of amides is 1. The summed E-state index contributed by atoms with van der Waals surface area (Å²) in [5.41, 5.74) is 0.555. The standard InChI is InChI=1S/C21H31NO3/c1-15(2)13-19(23)20(24)18(14-16-9-5-3-6-10-16)22-21(25)17-11-7-4-8-12-17/h4,7-8,11-12,15-16,18,20,24H,3,5-6,9-10,13-14H2,1-2H3,(H,22,25)/t18-,20+/m0/s1. The summed E-state index contributed by atoms with van der Waals surface area (Å²) < 4.78 is 0. The number of Topliss-reactive ketones (excluding diaryl/α,β-unsaturated/α-hetero) is 1. The third kappa shape index (κ3) is 6.28. The lowest BCUT2D eigenvalue weighted by molar-refractivity contribution is -0.129. The largest absolute Gasteiger partial charge is 0.383 e. The van der Waals surface area contributed by atoms with Gasteiger partial charge in [-0.15, -0.1) is 0 Å². The molecular weight excluding hydrogens is 314 g/mol. The van der Waals surface area contributed by atoms with Gasteiger partial charge in [-0.1, -0.05) is 64.2 Å². The Morgan fingerprint density at radius 3 is 2.36 bits per heavy atom. The van der Waals surface area contributed by atoms with Crippen LogP contribution in [0.3, 0.4) is 0 Å². The zero-order valence-electron chi connectivity index (χ0n) is 15.4. The molecular formula is C21H31NO3. The minimum absolute atomic E-state index is 0.177. The number of carbonyl (C=O) groups is 2. The second-order valence-corrected chi connectivity index (χ2v) is 7.69. The van der Waals surface area contributed by atoms with Crippen molar-refractivity contribution in [1.29, 1.82) is 0 Å². The van der Waals surface area contributed by atoms with Crippen molar-refractivity contribution < 1.29 is 14.7 Å². The molecule has 0 heterocycles.